The van der Waals surface area contributed by atoms with Gasteiger partial charge in [-0.25, -0.2) is 0 Å². The Hall–Kier alpha value is -1.69. The number of aromatic nitrogens is 3. The van der Waals surface area contributed by atoms with Crippen molar-refractivity contribution >= 4 is 27.8 Å². The van der Waals surface area contributed by atoms with E-state index in [2.05, 4.69) is 36.4 Å². The fraction of sp³-hybridized carbons (Fsp3) is 0.250. The summed E-state index contributed by atoms with van der Waals surface area (Å²) < 4.78 is 1.02. The van der Waals surface area contributed by atoms with E-state index in [9.17, 15) is 4.79 Å². The summed E-state index contributed by atoms with van der Waals surface area (Å²) in [5.74, 6) is 0.915. The van der Waals surface area contributed by atoms with Crippen LogP contribution in [0.1, 0.15) is 17.8 Å². The zero-order chi connectivity index (χ0) is 13.0. The van der Waals surface area contributed by atoms with Gasteiger partial charge in [0.1, 0.15) is 5.82 Å². The summed E-state index contributed by atoms with van der Waals surface area (Å²) in [5.41, 5.74) is 1.12. The summed E-state index contributed by atoms with van der Waals surface area (Å²) in [6.45, 7) is 1.78. The van der Waals surface area contributed by atoms with E-state index < -0.39 is 0 Å². The smallest absolute Gasteiger partial charge is 0.248 e. The molecule has 18 heavy (non-hydrogen) atoms. The molecule has 0 saturated carbocycles. The number of rotatable bonds is 4. The maximum Gasteiger partial charge on any atom is 0.248 e. The largest absolute Gasteiger partial charge is 0.293 e. The topological polar surface area (TPSA) is 70.7 Å². The zero-order valence-corrected chi connectivity index (χ0v) is 11.5. The van der Waals surface area contributed by atoms with Crippen molar-refractivity contribution in [2.45, 2.75) is 19.8 Å². The van der Waals surface area contributed by atoms with Gasteiger partial charge in [0, 0.05) is 10.9 Å². The third-order valence-corrected chi connectivity index (χ3v) is 2.87. The molecule has 0 radical (unpaired) electrons. The number of carbonyl (C=O) groups is 1. The highest BCUT2D eigenvalue weighted by Gasteiger charge is 2.06. The van der Waals surface area contributed by atoms with E-state index in [4.69, 9.17) is 0 Å². The van der Waals surface area contributed by atoms with E-state index in [1.807, 2.05) is 24.3 Å². The van der Waals surface area contributed by atoms with E-state index in [0.29, 0.717) is 24.6 Å². The molecule has 0 aliphatic rings. The van der Waals surface area contributed by atoms with Gasteiger partial charge in [0.25, 0.3) is 0 Å². The van der Waals surface area contributed by atoms with Crippen LogP contribution in [-0.4, -0.2) is 21.1 Å². The van der Waals surface area contributed by atoms with Gasteiger partial charge < -0.3 is 0 Å². The molecule has 1 amide bonds. The van der Waals surface area contributed by atoms with Crippen molar-refractivity contribution in [2.24, 2.45) is 0 Å². The van der Waals surface area contributed by atoms with Crippen LogP contribution in [-0.2, 0) is 11.2 Å². The van der Waals surface area contributed by atoms with Crippen molar-refractivity contribution in [2.75, 3.05) is 5.32 Å². The molecular weight excluding hydrogens is 296 g/mol. The second-order valence-electron chi connectivity index (χ2n) is 3.92. The first kappa shape index (κ1) is 12.8. The highest BCUT2D eigenvalue weighted by atomic mass is 79.9. The molecule has 2 aromatic rings. The molecule has 0 fully saturated rings. The van der Waals surface area contributed by atoms with Crippen LogP contribution in [0.15, 0.2) is 28.7 Å². The van der Waals surface area contributed by atoms with Gasteiger partial charge in [-0.3, -0.25) is 15.2 Å². The van der Waals surface area contributed by atoms with Crippen molar-refractivity contribution in [1.29, 1.82) is 0 Å². The number of nitrogens with zero attached hydrogens (tertiary/aromatic N) is 2. The molecule has 1 aromatic heterocycles. The van der Waals surface area contributed by atoms with E-state index in [0.717, 1.165) is 10.0 Å². The van der Waals surface area contributed by atoms with Gasteiger partial charge in [-0.1, -0.05) is 28.1 Å². The van der Waals surface area contributed by atoms with Gasteiger partial charge in [-0.2, -0.15) is 4.98 Å². The Labute approximate surface area is 113 Å². The molecule has 1 heterocycles. The number of hydrogen-bond donors (Lipinski definition) is 2. The summed E-state index contributed by atoms with van der Waals surface area (Å²) in [6, 6.07) is 7.91. The number of carbonyl (C=O) groups excluding carboxylic acids is 1. The van der Waals surface area contributed by atoms with Gasteiger partial charge in [0.15, 0.2) is 0 Å². The Morgan fingerprint density at radius 3 is 3.00 bits per heavy atom. The van der Waals surface area contributed by atoms with Crippen molar-refractivity contribution in [3.63, 3.8) is 0 Å². The average Bonchev–Trinajstić information content (AvgIpc) is 2.72. The van der Waals surface area contributed by atoms with E-state index >= 15 is 0 Å². The number of anilines is 1. The fourth-order valence-corrected chi connectivity index (χ4v) is 1.98. The molecule has 1 aromatic carbocycles. The van der Waals surface area contributed by atoms with Crippen LogP contribution in [0.25, 0.3) is 0 Å². The lowest BCUT2D eigenvalue weighted by Gasteiger charge is -2.02. The monoisotopic (exact) mass is 308 g/mol. The second kappa shape index (κ2) is 5.77. The summed E-state index contributed by atoms with van der Waals surface area (Å²) in [4.78, 5) is 15.7. The van der Waals surface area contributed by atoms with Crippen LogP contribution in [0.4, 0.5) is 5.95 Å². The number of amides is 1. The van der Waals surface area contributed by atoms with E-state index in [1.165, 1.54) is 0 Å². The van der Waals surface area contributed by atoms with Crippen LogP contribution in [0.3, 0.4) is 0 Å². The third kappa shape index (κ3) is 3.66. The van der Waals surface area contributed by atoms with Crippen molar-refractivity contribution < 1.29 is 4.79 Å². The van der Waals surface area contributed by atoms with Crippen LogP contribution < -0.4 is 5.32 Å². The molecule has 0 aliphatic carbocycles. The number of benzene rings is 1. The van der Waals surface area contributed by atoms with Crippen LogP contribution in [0.5, 0.6) is 0 Å². The zero-order valence-electron chi connectivity index (χ0n) is 9.90. The third-order valence-electron chi connectivity index (χ3n) is 2.38. The van der Waals surface area contributed by atoms with Gasteiger partial charge in [-0.15, -0.1) is 5.10 Å². The molecule has 0 atom stereocenters. The van der Waals surface area contributed by atoms with Crippen molar-refractivity contribution in [3.05, 3.63) is 40.1 Å². The number of aryl methyl sites for hydroxylation is 2. The van der Waals surface area contributed by atoms with Gasteiger partial charge >= 0.3 is 0 Å². The Balaban J connectivity index is 1.85. The molecule has 6 heteroatoms. The SMILES string of the molecule is Cc1nc(NC(=O)CCc2cccc(Br)c2)n[nH]1. The predicted octanol–water partition coefficient (Wildman–Crippen LogP) is 2.45. The molecule has 94 valence electrons. The number of hydrogen-bond acceptors (Lipinski definition) is 3. The standard InChI is InChI=1S/C12H13BrN4O/c1-8-14-12(17-16-8)15-11(18)6-5-9-3-2-4-10(13)7-9/h2-4,7H,5-6H2,1H3,(H2,14,15,16,17,18). The van der Waals surface area contributed by atoms with Crippen LogP contribution in [0.2, 0.25) is 0 Å². The Morgan fingerprint density at radius 1 is 1.50 bits per heavy atom. The maximum absolute atomic E-state index is 11.7. The minimum Gasteiger partial charge on any atom is -0.293 e. The van der Waals surface area contributed by atoms with Gasteiger partial charge in [0.05, 0.1) is 0 Å². The highest BCUT2D eigenvalue weighted by Crippen LogP contribution is 2.13. The van der Waals surface area contributed by atoms with Gasteiger partial charge in [0.2, 0.25) is 11.9 Å². The Morgan fingerprint density at radius 2 is 2.33 bits per heavy atom. The molecular formula is C12H13BrN4O. The van der Waals surface area contributed by atoms with Gasteiger partial charge in [-0.05, 0) is 31.0 Å². The van der Waals surface area contributed by atoms with Crippen LogP contribution >= 0.6 is 15.9 Å². The first-order chi connectivity index (χ1) is 8.63. The first-order valence-corrected chi connectivity index (χ1v) is 6.36. The highest BCUT2D eigenvalue weighted by molar-refractivity contribution is 9.10. The van der Waals surface area contributed by atoms with Crippen LogP contribution in [0, 0.1) is 6.92 Å². The average molecular weight is 309 g/mol. The van der Waals surface area contributed by atoms with E-state index in [1.54, 1.807) is 6.92 Å². The minimum atomic E-state index is -0.0889. The second-order valence-corrected chi connectivity index (χ2v) is 4.84. The number of aromatic amines is 1. The molecule has 0 unspecified atom stereocenters. The number of H-pyrrole nitrogens is 1. The Kier molecular flexibility index (Phi) is 4.09. The normalized spacial score (nSPS) is 10.3. The quantitative estimate of drug-likeness (QED) is 0.911. The molecule has 0 spiro atoms. The number of nitrogens with one attached hydrogen (secondary N) is 2. The van der Waals surface area contributed by atoms with Crippen molar-refractivity contribution in [1.82, 2.24) is 15.2 Å². The molecule has 2 rings (SSSR count). The maximum atomic E-state index is 11.7. The van der Waals surface area contributed by atoms with E-state index in [-0.39, 0.29) is 5.91 Å². The molecule has 0 bridgehead atoms. The predicted molar refractivity (Wildman–Crippen MR) is 72.2 cm³/mol. The first-order valence-electron chi connectivity index (χ1n) is 5.57. The molecule has 2 N–H and O–H groups in total. The Bertz CT molecular complexity index is 553. The summed E-state index contributed by atoms with van der Waals surface area (Å²) in [5, 5.41) is 9.17. The lowest BCUT2D eigenvalue weighted by atomic mass is 10.1. The lowest BCUT2D eigenvalue weighted by molar-refractivity contribution is -0.116. The summed E-state index contributed by atoms with van der Waals surface area (Å²) in [6.07, 6.45) is 1.10. The lowest BCUT2D eigenvalue weighted by Crippen LogP contribution is -2.13. The summed E-state index contributed by atoms with van der Waals surface area (Å²) >= 11 is 3.40. The van der Waals surface area contributed by atoms with Crippen molar-refractivity contribution in [3.8, 4) is 0 Å². The fourth-order valence-electron chi connectivity index (χ4n) is 1.54. The molecule has 0 aliphatic heterocycles. The minimum absolute atomic E-state index is 0.0889. The molecule has 5 nitrogen and oxygen atoms in total. The molecule has 0 saturated heterocycles. The number of halogens is 1. The summed E-state index contributed by atoms with van der Waals surface area (Å²) in [7, 11) is 0.